The van der Waals surface area contributed by atoms with Gasteiger partial charge in [-0.05, 0) is 73.2 Å². The van der Waals surface area contributed by atoms with Gasteiger partial charge in [-0.1, -0.05) is 60.7 Å². The minimum Gasteiger partial charge on any atom is -0.225 e. The Morgan fingerprint density at radius 1 is 0.500 bits per heavy atom. The molecule has 0 amide bonds. The third kappa shape index (κ3) is 2.96. The van der Waals surface area contributed by atoms with Crippen LogP contribution in [-0.4, -0.2) is 8.80 Å². The molecule has 0 aliphatic rings. The van der Waals surface area contributed by atoms with Crippen molar-refractivity contribution in [2.45, 2.75) is 6.92 Å². The third-order valence-corrected chi connectivity index (χ3v) is 8.95. The number of para-hydroxylation sites is 4. The van der Waals surface area contributed by atoms with Crippen molar-refractivity contribution < 1.29 is 8.97 Å². The molecule has 4 nitrogen and oxygen atoms in total. The highest BCUT2D eigenvalue weighted by Gasteiger charge is 2.28. The Morgan fingerprint density at radius 2 is 1.10 bits per heavy atom. The van der Waals surface area contributed by atoms with Gasteiger partial charge in [0.25, 0.3) is 11.5 Å². The number of benzene rings is 5. The van der Waals surface area contributed by atoms with Crippen molar-refractivity contribution in [3.8, 4) is 11.4 Å². The first-order valence-electron chi connectivity index (χ1n) is 14.5. The molecule has 0 aliphatic carbocycles. The van der Waals surface area contributed by atoms with Crippen LogP contribution < -0.4 is 8.97 Å². The molecule has 0 saturated carbocycles. The van der Waals surface area contributed by atoms with Gasteiger partial charge in [0.1, 0.15) is 16.6 Å². The molecule has 0 atom stereocenters. The van der Waals surface area contributed by atoms with Gasteiger partial charge in [0.05, 0.1) is 18.8 Å². The zero-order chi connectivity index (χ0) is 27.9. The number of pyridine rings is 1. The van der Waals surface area contributed by atoms with Crippen LogP contribution in [0.3, 0.4) is 0 Å². The third-order valence-electron chi connectivity index (χ3n) is 8.95. The molecular weight excluding hydrogens is 512 g/mol. The van der Waals surface area contributed by atoms with Crippen molar-refractivity contribution in [1.82, 2.24) is 8.80 Å². The molecule has 0 spiro atoms. The summed E-state index contributed by atoms with van der Waals surface area (Å²) in [5.74, 6) is 1.16. The second-order valence-electron chi connectivity index (χ2n) is 11.2. The number of nitrogens with zero attached hydrogens (tertiary/aromatic N) is 4. The first-order chi connectivity index (χ1) is 20.7. The molecule has 0 N–H and O–H groups in total. The van der Waals surface area contributed by atoms with Crippen LogP contribution in [0.2, 0.25) is 0 Å². The minimum atomic E-state index is 1.11. The number of hydrogen-bond donors (Lipinski definition) is 0. The Bertz CT molecular complexity index is 2600. The SMILES string of the molecule is Cc1ccccc1-c1n2c3ccccc3c3cccc4c5ccccc5n(c34)c3cccc[n+]3c3cccc(c32)[n+]1C. The summed E-state index contributed by atoms with van der Waals surface area (Å²) < 4.78 is 9.66. The number of aromatic nitrogens is 4. The molecule has 0 radical (unpaired) electrons. The molecule has 4 heterocycles. The van der Waals surface area contributed by atoms with Crippen LogP contribution in [0.25, 0.3) is 71.7 Å². The molecule has 198 valence electrons. The molecule has 0 aliphatic heterocycles. The Labute approximate surface area is 242 Å². The Kier molecular flexibility index (Phi) is 4.71. The van der Waals surface area contributed by atoms with Crippen molar-refractivity contribution in [3.05, 3.63) is 139 Å². The summed E-state index contributed by atoms with van der Waals surface area (Å²) in [5, 5.41) is 4.93. The van der Waals surface area contributed by atoms with Gasteiger partial charge in [0.2, 0.25) is 5.52 Å². The van der Waals surface area contributed by atoms with E-state index in [0.717, 1.165) is 22.5 Å². The van der Waals surface area contributed by atoms with E-state index in [2.05, 4.69) is 165 Å². The van der Waals surface area contributed by atoms with Gasteiger partial charge in [0.15, 0.2) is 11.0 Å². The van der Waals surface area contributed by atoms with E-state index in [0.29, 0.717) is 0 Å². The lowest BCUT2D eigenvalue weighted by atomic mass is 10.1. The Morgan fingerprint density at radius 3 is 1.86 bits per heavy atom. The lowest BCUT2D eigenvalue weighted by Crippen LogP contribution is -2.30. The van der Waals surface area contributed by atoms with Crippen molar-refractivity contribution in [1.29, 1.82) is 0 Å². The van der Waals surface area contributed by atoms with Crippen LogP contribution >= 0.6 is 0 Å². The molecule has 42 heavy (non-hydrogen) atoms. The van der Waals surface area contributed by atoms with E-state index >= 15 is 0 Å². The van der Waals surface area contributed by atoms with Gasteiger partial charge in [-0.25, -0.2) is 4.57 Å². The van der Waals surface area contributed by atoms with E-state index in [1.54, 1.807) is 0 Å². The number of aryl methyl sites for hydroxylation is 2. The maximum Gasteiger partial charge on any atom is 0.295 e. The highest BCUT2D eigenvalue weighted by Crippen LogP contribution is 2.36. The van der Waals surface area contributed by atoms with E-state index in [1.165, 1.54) is 54.7 Å². The fourth-order valence-electron chi connectivity index (χ4n) is 7.13. The number of fused-ring (bicyclic) bond motifs is 9. The molecule has 0 saturated heterocycles. The van der Waals surface area contributed by atoms with E-state index < -0.39 is 0 Å². The quantitative estimate of drug-likeness (QED) is 0.188. The maximum absolute atomic E-state index is 2.49. The monoisotopic (exact) mass is 540 g/mol. The molecule has 5 aromatic carbocycles. The summed E-state index contributed by atoms with van der Waals surface area (Å²) in [6.45, 7) is 2.20. The van der Waals surface area contributed by atoms with E-state index in [-0.39, 0.29) is 0 Å². The van der Waals surface area contributed by atoms with Crippen LogP contribution in [0.5, 0.6) is 0 Å². The fourth-order valence-corrected chi connectivity index (χ4v) is 7.13. The molecule has 9 aromatic rings. The van der Waals surface area contributed by atoms with Crippen molar-refractivity contribution in [2.24, 2.45) is 7.05 Å². The second kappa shape index (κ2) is 8.51. The molecule has 0 fully saturated rings. The maximum atomic E-state index is 2.49. The predicted octanol–water partition coefficient (Wildman–Crippen LogP) is 7.91. The van der Waals surface area contributed by atoms with Crippen LogP contribution in [0.15, 0.2) is 134 Å². The zero-order valence-electron chi connectivity index (χ0n) is 23.5. The molecular formula is C38H28N4+2. The smallest absolute Gasteiger partial charge is 0.225 e. The lowest BCUT2D eigenvalue weighted by Gasteiger charge is -2.05. The van der Waals surface area contributed by atoms with E-state index in [1.807, 2.05) is 0 Å². The summed E-state index contributed by atoms with van der Waals surface area (Å²) in [4.78, 5) is 0. The van der Waals surface area contributed by atoms with Gasteiger partial charge in [0, 0.05) is 27.6 Å². The van der Waals surface area contributed by atoms with E-state index in [9.17, 15) is 0 Å². The fraction of sp³-hybridized carbons (Fsp3) is 0.0526. The van der Waals surface area contributed by atoms with Crippen molar-refractivity contribution >= 4 is 60.3 Å². The minimum absolute atomic E-state index is 1.11. The van der Waals surface area contributed by atoms with Crippen molar-refractivity contribution in [3.63, 3.8) is 0 Å². The van der Waals surface area contributed by atoms with Crippen LogP contribution in [0.4, 0.5) is 0 Å². The molecule has 4 heteroatoms. The van der Waals surface area contributed by atoms with Gasteiger partial charge in [-0.15, -0.1) is 0 Å². The Balaban J connectivity index is 1.75. The largest absolute Gasteiger partial charge is 0.295 e. The zero-order valence-corrected chi connectivity index (χ0v) is 23.5. The van der Waals surface area contributed by atoms with E-state index in [4.69, 9.17) is 0 Å². The van der Waals surface area contributed by atoms with Crippen LogP contribution in [0.1, 0.15) is 5.56 Å². The average molecular weight is 541 g/mol. The highest BCUT2D eigenvalue weighted by molar-refractivity contribution is 6.19. The van der Waals surface area contributed by atoms with Crippen molar-refractivity contribution in [2.75, 3.05) is 0 Å². The highest BCUT2D eigenvalue weighted by atomic mass is 15.1. The lowest BCUT2D eigenvalue weighted by molar-refractivity contribution is -0.633. The molecule has 9 rings (SSSR count). The Hall–Kier alpha value is -5.48. The molecule has 0 bridgehead atoms. The normalized spacial score (nSPS) is 12.0. The number of imidazole rings is 1. The van der Waals surface area contributed by atoms with Crippen LogP contribution in [-0.2, 0) is 7.05 Å². The second-order valence-corrected chi connectivity index (χ2v) is 11.2. The van der Waals surface area contributed by atoms with Gasteiger partial charge in [-0.2, -0.15) is 13.2 Å². The summed E-state index contributed by atoms with van der Waals surface area (Å²) in [6.07, 6.45) is 2.20. The predicted molar refractivity (Wildman–Crippen MR) is 172 cm³/mol. The number of rotatable bonds is 1. The first-order valence-corrected chi connectivity index (χ1v) is 14.5. The van der Waals surface area contributed by atoms with Gasteiger partial charge < -0.3 is 0 Å². The first kappa shape index (κ1) is 23.2. The van der Waals surface area contributed by atoms with Gasteiger partial charge >= 0.3 is 0 Å². The summed E-state index contributed by atoms with van der Waals surface area (Å²) in [5.41, 5.74) is 10.7. The summed E-state index contributed by atoms with van der Waals surface area (Å²) in [6, 6.07) is 46.3. The summed E-state index contributed by atoms with van der Waals surface area (Å²) in [7, 11) is 2.20. The average Bonchev–Trinajstić information content (AvgIpc) is 3.53. The standard InChI is InChI=1S/C38H28N4/c1-25-13-3-4-14-26(25)38-39(2)33-21-12-22-34-37(33)42(38)32-20-8-6-16-28(32)30-18-11-17-29-27-15-5-7-19-31(27)41(36(29)30)35-23-9-10-24-40(34)35/h3-24H,1-2H3/q+2. The van der Waals surface area contributed by atoms with Crippen LogP contribution in [0, 0.1) is 6.92 Å². The number of hydrogen-bond acceptors (Lipinski definition) is 0. The topological polar surface area (TPSA) is 16.8 Å². The molecule has 0 unspecified atom stereocenters. The molecule has 4 aromatic heterocycles. The van der Waals surface area contributed by atoms with Gasteiger partial charge in [-0.3, -0.25) is 0 Å². The summed E-state index contributed by atoms with van der Waals surface area (Å²) >= 11 is 0.